The van der Waals surface area contributed by atoms with Crippen molar-refractivity contribution in [3.63, 3.8) is 0 Å². The fourth-order valence-electron chi connectivity index (χ4n) is 2.94. The van der Waals surface area contributed by atoms with Gasteiger partial charge in [-0.3, -0.25) is 0 Å². The number of nitrogens with zero attached hydrogens (tertiary/aromatic N) is 3. The average molecular weight is 340 g/mol. The Balaban J connectivity index is 1.49. The molecule has 0 aliphatic carbocycles. The highest BCUT2D eigenvalue weighted by atomic mass is 16.5. The molecule has 1 aromatic carbocycles. The molecule has 0 saturated carbocycles. The second-order valence-corrected chi connectivity index (χ2v) is 6.19. The van der Waals surface area contributed by atoms with Crippen LogP contribution in [0.2, 0.25) is 0 Å². The van der Waals surface area contributed by atoms with Crippen molar-refractivity contribution in [2.24, 2.45) is 0 Å². The first kappa shape index (κ1) is 16.8. The second-order valence-electron chi connectivity index (χ2n) is 6.19. The van der Waals surface area contributed by atoms with Gasteiger partial charge >= 0.3 is 6.03 Å². The van der Waals surface area contributed by atoms with E-state index in [9.17, 15) is 4.79 Å². The van der Waals surface area contributed by atoms with E-state index >= 15 is 0 Å². The van der Waals surface area contributed by atoms with Gasteiger partial charge in [0.15, 0.2) is 0 Å². The van der Waals surface area contributed by atoms with Crippen molar-refractivity contribution in [2.75, 3.05) is 13.1 Å². The van der Waals surface area contributed by atoms with E-state index in [0.29, 0.717) is 24.4 Å². The maximum absolute atomic E-state index is 12.3. The number of carbonyl (C=O) groups excluding carboxylic acids is 1. The molecular formula is C18H20N4O3. The Bertz CT molecular complexity index is 781. The van der Waals surface area contributed by atoms with Crippen LogP contribution in [-0.4, -0.2) is 35.3 Å². The van der Waals surface area contributed by atoms with Gasteiger partial charge in [-0.05, 0) is 45.0 Å². The molecule has 1 aliphatic heterocycles. The van der Waals surface area contributed by atoms with Crippen molar-refractivity contribution >= 4 is 6.03 Å². The Labute approximate surface area is 146 Å². The first-order valence-electron chi connectivity index (χ1n) is 8.13. The fraction of sp³-hybridized carbons (Fsp3) is 0.389. The van der Waals surface area contributed by atoms with Gasteiger partial charge in [0.1, 0.15) is 17.6 Å². The minimum atomic E-state index is -0.169. The van der Waals surface area contributed by atoms with Crippen LogP contribution in [0.3, 0.4) is 0 Å². The van der Waals surface area contributed by atoms with Gasteiger partial charge in [0.05, 0.1) is 36.5 Å². The van der Waals surface area contributed by atoms with Crippen LogP contribution < -0.4 is 10.1 Å². The SMILES string of the molecule is Cc1noc(C)c1[C@@H](C)NC(=O)N1CC(Oc2ccc(C#N)cc2)C1. The number of likely N-dealkylation sites (tertiary alicyclic amines) is 1. The highest BCUT2D eigenvalue weighted by molar-refractivity contribution is 5.75. The van der Waals surface area contributed by atoms with Gasteiger partial charge in [-0.1, -0.05) is 5.16 Å². The number of amides is 2. The molecule has 0 unspecified atom stereocenters. The summed E-state index contributed by atoms with van der Waals surface area (Å²) >= 11 is 0. The minimum absolute atomic E-state index is 0.0342. The standard InChI is InChI=1S/C18H20N4O3/c1-11(17-12(2)21-25-13(17)3)20-18(23)22-9-16(10-22)24-15-6-4-14(8-19)5-7-15/h4-7,11,16H,9-10H2,1-3H3,(H,20,23)/t11-/m1/s1. The van der Waals surface area contributed by atoms with Crippen LogP contribution in [0.25, 0.3) is 0 Å². The van der Waals surface area contributed by atoms with E-state index in [1.54, 1.807) is 29.2 Å². The van der Waals surface area contributed by atoms with Crippen molar-refractivity contribution in [3.05, 3.63) is 46.8 Å². The molecule has 0 spiro atoms. The summed E-state index contributed by atoms with van der Waals surface area (Å²) in [6.07, 6.45) is -0.0342. The van der Waals surface area contributed by atoms with Crippen LogP contribution in [0, 0.1) is 25.2 Å². The lowest BCUT2D eigenvalue weighted by Crippen LogP contribution is -2.59. The van der Waals surface area contributed by atoms with Gasteiger partial charge in [-0.25, -0.2) is 4.79 Å². The Kier molecular flexibility index (Phi) is 4.61. The molecule has 25 heavy (non-hydrogen) atoms. The molecule has 130 valence electrons. The molecule has 7 heteroatoms. The molecule has 3 rings (SSSR count). The molecule has 1 aromatic heterocycles. The van der Waals surface area contributed by atoms with Crippen molar-refractivity contribution in [1.29, 1.82) is 5.26 Å². The number of rotatable bonds is 4. The Morgan fingerprint density at radius 2 is 2.08 bits per heavy atom. The molecule has 1 aliphatic rings. The number of aromatic nitrogens is 1. The van der Waals surface area contributed by atoms with E-state index in [1.807, 2.05) is 20.8 Å². The number of urea groups is 1. The van der Waals surface area contributed by atoms with Crippen molar-refractivity contribution < 1.29 is 14.1 Å². The highest BCUT2D eigenvalue weighted by Gasteiger charge is 2.33. The van der Waals surface area contributed by atoms with Crippen molar-refractivity contribution in [3.8, 4) is 11.8 Å². The smallest absolute Gasteiger partial charge is 0.318 e. The zero-order chi connectivity index (χ0) is 18.0. The fourth-order valence-corrected chi connectivity index (χ4v) is 2.94. The zero-order valence-electron chi connectivity index (χ0n) is 14.4. The summed E-state index contributed by atoms with van der Waals surface area (Å²) in [6.45, 7) is 6.66. The van der Waals surface area contributed by atoms with Crippen LogP contribution in [-0.2, 0) is 0 Å². The topological polar surface area (TPSA) is 91.4 Å². The first-order chi connectivity index (χ1) is 12.0. The summed E-state index contributed by atoms with van der Waals surface area (Å²) in [5, 5.41) is 15.7. The number of aryl methyl sites for hydroxylation is 2. The normalized spacial score (nSPS) is 15.2. The molecule has 2 amide bonds. The summed E-state index contributed by atoms with van der Waals surface area (Å²) in [4.78, 5) is 14.0. The third-order valence-corrected chi connectivity index (χ3v) is 4.28. The summed E-state index contributed by atoms with van der Waals surface area (Å²) in [5.74, 6) is 1.42. The lowest BCUT2D eigenvalue weighted by Gasteiger charge is -2.39. The second kappa shape index (κ2) is 6.85. The summed E-state index contributed by atoms with van der Waals surface area (Å²) in [7, 11) is 0. The quantitative estimate of drug-likeness (QED) is 0.924. The Morgan fingerprint density at radius 1 is 1.40 bits per heavy atom. The lowest BCUT2D eigenvalue weighted by molar-refractivity contribution is 0.0436. The van der Waals surface area contributed by atoms with Gasteiger partial charge in [0.25, 0.3) is 0 Å². The predicted molar refractivity (Wildman–Crippen MR) is 90.1 cm³/mol. The largest absolute Gasteiger partial charge is 0.487 e. The molecule has 0 radical (unpaired) electrons. The van der Waals surface area contributed by atoms with Crippen LogP contribution in [0.4, 0.5) is 4.79 Å². The van der Waals surface area contributed by atoms with Crippen LogP contribution >= 0.6 is 0 Å². The van der Waals surface area contributed by atoms with E-state index in [-0.39, 0.29) is 18.2 Å². The van der Waals surface area contributed by atoms with E-state index < -0.39 is 0 Å². The molecule has 1 atom stereocenters. The molecule has 1 fully saturated rings. The number of nitrogens with one attached hydrogen (secondary N) is 1. The van der Waals surface area contributed by atoms with E-state index in [4.69, 9.17) is 14.5 Å². The van der Waals surface area contributed by atoms with E-state index in [0.717, 1.165) is 17.0 Å². The van der Waals surface area contributed by atoms with Crippen molar-refractivity contribution in [1.82, 2.24) is 15.4 Å². The summed E-state index contributed by atoms with van der Waals surface area (Å²) in [5.41, 5.74) is 2.30. The third kappa shape index (κ3) is 3.58. The Hall–Kier alpha value is -3.01. The van der Waals surface area contributed by atoms with Gasteiger partial charge in [-0.2, -0.15) is 5.26 Å². The number of ether oxygens (including phenoxy) is 1. The molecule has 1 N–H and O–H groups in total. The number of nitriles is 1. The molecular weight excluding hydrogens is 320 g/mol. The Morgan fingerprint density at radius 3 is 2.64 bits per heavy atom. The lowest BCUT2D eigenvalue weighted by atomic mass is 10.1. The van der Waals surface area contributed by atoms with Crippen LogP contribution in [0.1, 0.15) is 35.5 Å². The van der Waals surface area contributed by atoms with Crippen LogP contribution in [0.5, 0.6) is 5.75 Å². The summed E-state index contributed by atoms with van der Waals surface area (Å²) in [6, 6.07) is 8.72. The maximum Gasteiger partial charge on any atom is 0.318 e. The first-order valence-corrected chi connectivity index (χ1v) is 8.13. The van der Waals surface area contributed by atoms with E-state index in [2.05, 4.69) is 16.5 Å². The number of hydrogen-bond donors (Lipinski definition) is 1. The van der Waals surface area contributed by atoms with Gasteiger partial charge in [-0.15, -0.1) is 0 Å². The van der Waals surface area contributed by atoms with Gasteiger partial charge < -0.3 is 19.5 Å². The monoisotopic (exact) mass is 340 g/mol. The van der Waals surface area contributed by atoms with Crippen LogP contribution in [0.15, 0.2) is 28.8 Å². The highest BCUT2D eigenvalue weighted by Crippen LogP contribution is 2.23. The van der Waals surface area contributed by atoms with E-state index in [1.165, 1.54) is 0 Å². The average Bonchev–Trinajstić information content (AvgIpc) is 2.89. The molecule has 1 saturated heterocycles. The third-order valence-electron chi connectivity index (χ3n) is 4.28. The maximum atomic E-state index is 12.3. The zero-order valence-corrected chi connectivity index (χ0v) is 14.4. The van der Waals surface area contributed by atoms with Gasteiger partial charge in [0.2, 0.25) is 0 Å². The number of hydrogen-bond acceptors (Lipinski definition) is 5. The number of carbonyl (C=O) groups is 1. The molecule has 2 aromatic rings. The number of benzene rings is 1. The minimum Gasteiger partial charge on any atom is -0.487 e. The summed E-state index contributed by atoms with van der Waals surface area (Å²) < 4.78 is 10.9. The molecule has 2 heterocycles. The van der Waals surface area contributed by atoms with Crippen molar-refractivity contribution in [2.45, 2.75) is 32.9 Å². The molecule has 0 bridgehead atoms. The predicted octanol–water partition coefficient (Wildman–Crippen LogP) is 2.70. The molecule has 7 nitrogen and oxygen atoms in total. The van der Waals surface area contributed by atoms with Gasteiger partial charge in [0, 0.05) is 5.56 Å².